The predicted molar refractivity (Wildman–Crippen MR) is 134 cm³/mol. The predicted octanol–water partition coefficient (Wildman–Crippen LogP) is 0.0241. The summed E-state index contributed by atoms with van der Waals surface area (Å²) in [5.41, 5.74) is -1.95. The lowest BCUT2D eigenvalue weighted by molar-refractivity contribution is -0.156. The number of carboxylic acids is 2. The number of carbonyl (C=O) groups excluding carboxylic acids is 2. The van der Waals surface area contributed by atoms with Crippen LogP contribution >= 0.6 is 23.5 Å². The standard InChI is InChI=1S/C22H23N5O9S2/c1-2-25-18(34)16(32)23-24-21(25)38-10-22(20(35)36)8-26-17(33)15(19(26)37-9-22)27(13(29)7-14(30)31)11-3-5-12(28)6-4-11/h3-6,15,19,28H,2,7-10H2,1H3,(H,23,32)(H,30,31)(H,35,36)/t15?,19-,22?/m1/s1. The molecule has 2 aliphatic rings. The first-order chi connectivity index (χ1) is 18.0. The molecule has 1 aromatic carbocycles. The van der Waals surface area contributed by atoms with Crippen molar-refractivity contribution in [1.82, 2.24) is 19.7 Å². The highest BCUT2D eigenvalue weighted by Gasteiger charge is 2.59. The van der Waals surface area contributed by atoms with Crippen molar-refractivity contribution in [2.75, 3.05) is 23.0 Å². The SMILES string of the molecule is CCn1c(SCC2(C(=O)O)CS[C@@H]3C(N(C(=O)CC(=O)O)c4ccc(O)cc4)C(=O)N3C2)nnc(O)c1=O. The van der Waals surface area contributed by atoms with E-state index >= 15 is 0 Å². The van der Waals surface area contributed by atoms with Gasteiger partial charge < -0.3 is 25.3 Å². The van der Waals surface area contributed by atoms with E-state index in [1.165, 1.54) is 29.2 Å². The number of phenolic OH excluding ortho intramolecular Hbond substituents is 1. The zero-order valence-electron chi connectivity index (χ0n) is 19.9. The first-order valence-electron chi connectivity index (χ1n) is 11.3. The number of carboxylic acid groups (broad SMARTS) is 2. The first kappa shape index (κ1) is 27.3. The van der Waals surface area contributed by atoms with Crippen LogP contribution in [0.2, 0.25) is 0 Å². The second-order valence-electron chi connectivity index (χ2n) is 8.69. The van der Waals surface area contributed by atoms with Gasteiger partial charge in [0, 0.05) is 30.3 Å². The molecule has 1 aromatic heterocycles. The summed E-state index contributed by atoms with van der Waals surface area (Å²) in [4.78, 5) is 64.3. The lowest BCUT2D eigenvalue weighted by Gasteiger charge is -2.56. The number of carbonyl (C=O) groups is 4. The van der Waals surface area contributed by atoms with Crippen molar-refractivity contribution >= 4 is 53.0 Å². The largest absolute Gasteiger partial charge is 0.508 e. The summed E-state index contributed by atoms with van der Waals surface area (Å²) in [7, 11) is 0. The van der Waals surface area contributed by atoms with E-state index in [2.05, 4.69) is 10.2 Å². The lowest BCUT2D eigenvalue weighted by atomic mass is 9.89. The average Bonchev–Trinajstić information content (AvgIpc) is 2.87. The van der Waals surface area contributed by atoms with E-state index in [4.69, 9.17) is 5.11 Å². The summed E-state index contributed by atoms with van der Waals surface area (Å²) >= 11 is 2.12. The number of amides is 2. The Hall–Kier alpha value is -3.79. The van der Waals surface area contributed by atoms with Gasteiger partial charge in [-0.25, -0.2) is 0 Å². The molecule has 2 fully saturated rings. The molecule has 3 atom stereocenters. The van der Waals surface area contributed by atoms with Crippen molar-refractivity contribution < 1.29 is 39.6 Å². The fraction of sp³-hybridized carbons (Fsp3) is 0.409. The molecule has 2 unspecified atom stereocenters. The molecular weight excluding hydrogens is 542 g/mol. The number of β-lactam (4-membered cyclic amide) rings is 1. The average molecular weight is 566 g/mol. The van der Waals surface area contributed by atoms with Crippen LogP contribution in [0, 0.1) is 5.41 Å². The highest BCUT2D eigenvalue weighted by atomic mass is 32.2. The van der Waals surface area contributed by atoms with Crippen LogP contribution in [0.15, 0.2) is 34.2 Å². The summed E-state index contributed by atoms with van der Waals surface area (Å²) < 4.78 is 1.16. The first-order valence-corrected chi connectivity index (χ1v) is 13.3. The van der Waals surface area contributed by atoms with Crippen LogP contribution in [0.3, 0.4) is 0 Å². The number of aromatic nitrogens is 3. The third-order valence-electron chi connectivity index (χ3n) is 6.24. The van der Waals surface area contributed by atoms with Gasteiger partial charge in [0.15, 0.2) is 5.16 Å². The summed E-state index contributed by atoms with van der Waals surface area (Å²) in [6.45, 7) is 1.65. The van der Waals surface area contributed by atoms with Gasteiger partial charge in [0.1, 0.15) is 29.0 Å². The Bertz CT molecular complexity index is 1350. The van der Waals surface area contributed by atoms with Crippen molar-refractivity contribution in [2.24, 2.45) is 5.41 Å². The molecule has 3 heterocycles. The molecule has 2 aromatic rings. The Morgan fingerprint density at radius 3 is 2.45 bits per heavy atom. The smallest absolute Gasteiger partial charge is 0.316 e. The topological polar surface area (TPSA) is 203 Å². The van der Waals surface area contributed by atoms with Gasteiger partial charge >= 0.3 is 17.5 Å². The monoisotopic (exact) mass is 565 g/mol. The molecule has 16 heteroatoms. The number of anilines is 1. The number of thioether (sulfide) groups is 2. The molecule has 2 amide bonds. The van der Waals surface area contributed by atoms with Crippen molar-refractivity contribution in [3.63, 3.8) is 0 Å². The molecule has 4 N–H and O–H groups in total. The maximum atomic E-state index is 13.3. The van der Waals surface area contributed by atoms with Gasteiger partial charge in [-0.05, 0) is 31.2 Å². The summed E-state index contributed by atoms with van der Waals surface area (Å²) in [5.74, 6) is -4.76. The Kier molecular flexibility index (Phi) is 7.55. The van der Waals surface area contributed by atoms with E-state index in [0.29, 0.717) is 0 Å². The molecule has 38 heavy (non-hydrogen) atoms. The van der Waals surface area contributed by atoms with Crippen LogP contribution in [0.25, 0.3) is 0 Å². The number of rotatable bonds is 9. The third-order valence-corrected chi connectivity index (χ3v) is 9.07. The van der Waals surface area contributed by atoms with E-state index < -0.39 is 58.4 Å². The minimum absolute atomic E-state index is 0.0543. The second kappa shape index (κ2) is 10.5. The molecule has 2 saturated heterocycles. The van der Waals surface area contributed by atoms with E-state index in [1.807, 2.05) is 0 Å². The van der Waals surface area contributed by atoms with Gasteiger partial charge in [-0.15, -0.1) is 22.0 Å². The van der Waals surface area contributed by atoms with E-state index in [0.717, 1.165) is 33.0 Å². The van der Waals surface area contributed by atoms with Gasteiger partial charge in [-0.3, -0.25) is 33.4 Å². The molecule has 0 saturated carbocycles. The minimum atomic E-state index is -1.42. The Balaban J connectivity index is 1.56. The Morgan fingerprint density at radius 2 is 1.84 bits per heavy atom. The Labute approximate surface area is 223 Å². The number of phenols is 1. The third kappa shape index (κ3) is 4.88. The van der Waals surface area contributed by atoms with Gasteiger partial charge in [0.2, 0.25) is 11.8 Å². The van der Waals surface area contributed by atoms with E-state index in [-0.39, 0.29) is 41.2 Å². The van der Waals surface area contributed by atoms with E-state index in [9.17, 15) is 39.3 Å². The molecule has 0 aliphatic carbocycles. The van der Waals surface area contributed by atoms with E-state index in [1.54, 1.807) is 6.92 Å². The van der Waals surface area contributed by atoms with Crippen LogP contribution in [0.1, 0.15) is 13.3 Å². The quantitative estimate of drug-likeness (QED) is 0.180. The lowest BCUT2D eigenvalue weighted by Crippen LogP contribution is -2.74. The molecule has 0 radical (unpaired) electrons. The number of hydrogen-bond acceptors (Lipinski definition) is 11. The number of nitrogens with zero attached hydrogens (tertiary/aromatic N) is 5. The van der Waals surface area contributed by atoms with Gasteiger partial charge in [0.25, 0.3) is 5.88 Å². The Morgan fingerprint density at radius 1 is 1.16 bits per heavy atom. The van der Waals surface area contributed by atoms with Crippen molar-refractivity contribution in [3.05, 3.63) is 34.6 Å². The van der Waals surface area contributed by atoms with Crippen molar-refractivity contribution in [3.8, 4) is 11.6 Å². The zero-order chi connectivity index (χ0) is 27.8. The minimum Gasteiger partial charge on any atom is -0.508 e. The maximum Gasteiger partial charge on any atom is 0.316 e. The normalized spacial score (nSPS) is 22.3. The van der Waals surface area contributed by atoms with Crippen LogP contribution < -0.4 is 10.5 Å². The molecular formula is C22H23N5O9S2. The summed E-state index contributed by atoms with van der Waals surface area (Å²) in [6.07, 6.45) is -0.857. The number of benzene rings is 1. The van der Waals surface area contributed by atoms with Crippen LogP contribution in [-0.2, 0) is 25.7 Å². The molecule has 4 rings (SSSR count). The number of aliphatic carboxylic acids is 2. The van der Waals surface area contributed by atoms with Gasteiger partial charge in [0.05, 0.1) is 0 Å². The fourth-order valence-electron chi connectivity index (χ4n) is 4.26. The van der Waals surface area contributed by atoms with Crippen LogP contribution in [0.4, 0.5) is 5.69 Å². The molecule has 202 valence electrons. The van der Waals surface area contributed by atoms with Crippen molar-refractivity contribution in [1.29, 1.82) is 0 Å². The number of aromatic hydroxyl groups is 2. The van der Waals surface area contributed by atoms with Crippen molar-refractivity contribution in [2.45, 2.75) is 36.5 Å². The molecule has 0 spiro atoms. The highest BCUT2D eigenvalue weighted by Crippen LogP contribution is 2.46. The number of fused-ring (bicyclic) bond motifs is 1. The summed E-state index contributed by atoms with van der Waals surface area (Å²) in [5, 5.41) is 45.1. The number of hydrogen-bond donors (Lipinski definition) is 4. The van der Waals surface area contributed by atoms with Gasteiger partial charge in [-0.1, -0.05) is 11.8 Å². The molecule has 14 nitrogen and oxygen atoms in total. The second-order valence-corrected chi connectivity index (χ2v) is 10.7. The van der Waals surface area contributed by atoms with Crippen LogP contribution in [0.5, 0.6) is 11.6 Å². The fourth-order valence-corrected chi connectivity index (χ4v) is 7.16. The van der Waals surface area contributed by atoms with Gasteiger partial charge in [-0.2, -0.15) is 0 Å². The maximum absolute atomic E-state index is 13.3. The molecule has 2 aliphatic heterocycles. The zero-order valence-corrected chi connectivity index (χ0v) is 21.5. The molecule has 0 bridgehead atoms. The summed E-state index contributed by atoms with van der Waals surface area (Å²) in [6, 6.07) is 4.34. The van der Waals surface area contributed by atoms with Crippen LogP contribution in [-0.4, -0.2) is 93.3 Å². The highest BCUT2D eigenvalue weighted by molar-refractivity contribution is 8.00.